The lowest BCUT2D eigenvalue weighted by molar-refractivity contribution is 0.747. The van der Waals surface area contributed by atoms with E-state index < -0.39 is 0 Å². The van der Waals surface area contributed by atoms with Crippen molar-refractivity contribution in [2.24, 2.45) is 0 Å². The first-order valence-electron chi connectivity index (χ1n) is 48.0. The Kier molecular flexibility index (Phi) is 16.1. The van der Waals surface area contributed by atoms with E-state index >= 15 is 0 Å². The van der Waals surface area contributed by atoms with Crippen molar-refractivity contribution in [2.45, 2.75) is 32.7 Å². The third-order valence-corrected chi connectivity index (χ3v) is 30.6. The zero-order valence-corrected chi connectivity index (χ0v) is 75.9. The van der Waals surface area contributed by atoms with Gasteiger partial charge in [0.05, 0.1) is 100.0 Å². The van der Waals surface area contributed by atoms with Crippen LogP contribution in [0.15, 0.2) is 449 Å². The van der Waals surface area contributed by atoms with E-state index in [0.29, 0.717) is 0 Å². The maximum Gasteiger partial charge on any atom is 0.0630 e. The Morgan fingerprint density at radius 2 is 0.464 bits per heavy atom. The average molecular weight is 1760 g/mol. The maximum atomic E-state index is 2.60. The molecule has 0 amide bonds. The van der Waals surface area contributed by atoms with Crippen LogP contribution in [0.3, 0.4) is 0 Å². The van der Waals surface area contributed by atoms with Crippen molar-refractivity contribution in [2.75, 3.05) is 4.90 Å². The Bertz CT molecular complexity index is 10100. The molecule has 0 saturated carbocycles. The Hall–Kier alpha value is -17.9. The molecular weight excluding hydrogens is 1680 g/mol. The zero-order chi connectivity index (χ0) is 90.5. The van der Waals surface area contributed by atoms with Crippen LogP contribution in [-0.2, 0) is 0 Å². The van der Waals surface area contributed by atoms with Crippen molar-refractivity contribution in [1.82, 2.24) is 36.5 Å². The van der Waals surface area contributed by atoms with Gasteiger partial charge in [-0.3, -0.25) is 0 Å². The smallest absolute Gasteiger partial charge is 0.0630 e. The Balaban J connectivity index is 0.511. The molecule has 20 aromatic carbocycles. The summed E-state index contributed by atoms with van der Waals surface area (Å²) in [5, 5.41) is 19.5. The van der Waals surface area contributed by atoms with Crippen molar-refractivity contribution < 1.29 is 0 Å². The number of hydrogen-bond acceptors (Lipinski definition) is 1. The summed E-state index contributed by atoms with van der Waals surface area (Å²) in [4.78, 5) is 2.60. The van der Waals surface area contributed by atoms with Crippen LogP contribution in [0.5, 0.6) is 0 Å². The number of aromatic nitrogens is 8. The minimum absolute atomic E-state index is 0.0575. The summed E-state index contributed by atoms with van der Waals surface area (Å²) in [5.41, 5.74) is 40.0. The monoisotopic (exact) mass is 1760 g/mol. The van der Waals surface area contributed by atoms with E-state index in [9.17, 15) is 0 Å². The largest absolute Gasteiger partial charge is 0.333 e. The van der Waals surface area contributed by atoms with Crippen LogP contribution >= 0.6 is 0 Å². The molecule has 9 nitrogen and oxygen atoms in total. The SMILES string of the molecule is Cc1cccc(-n2c3ccc(-n4c5ccccc5c5ccccc54)cc3c3cc(-n4c5ccccc5c5cc(-c6ccc7c(c6)c6ccccc6n7-c6ccc7c(c6)c6cc(-n8c9ccccc9c9cc(C%10=CC%11c%12ccccc%12N(c%12ccc%13c(c%12)c%12cc(-n%14c%15ccccc%15c%15ccccc%15%14)ccc%12n%13-c%12ccccc%12)C%11C=C%10)ccc98)ccc6n7-c6c(C)cccc6C)ccc54)ccc32)c1. The van der Waals surface area contributed by atoms with Gasteiger partial charge in [-0.05, 0) is 284 Å². The van der Waals surface area contributed by atoms with E-state index in [-0.39, 0.29) is 12.0 Å². The molecule has 0 bridgehead atoms. The highest BCUT2D eigenvalue weighted by atomic mass is 15.2. The standard InChI is InChI=1S/C129H85N9/c1-78-25-23-30-86(67-78)131-125-63-53-88(133-113-41-17-9-33-95(113)96-34-10-18-42-114(96)133)73-107(125)108-75-90(54-64-126(108)131)135-116-44-20-12-36-98(116)102-69-82(48-58-120(102)135)84-50-60-122-104(71-84)100-38-14-22-46-118(100)137(122)92-56-66-128-110(77-92)109-76-91(55-65-127(109)138(128)129-79(2)26-24-27-80(129)3)136-117-45-21-13-37-99(117)103-70-83(49-59-121(103)136)81-47-57-119-101(68-81)97-35-11-19-43-115(97)134(119)89-52-62-124-106(74-89)105-72-87(51-61-123(105)130(124)85-28-5-4-6-29-85)132-111-39-15-7-31-93(111)94-32-8-16-40-112(94)132/h4-77,101,119H,1-3H3. The molecule has 138 heavy (non-hydrogen) atoms. The molecule has 8 aromatic heterocycles. The van der Waals surface area contributed by atoms with Crippen molar-refractivity contribution in [3.8, 4) is 56.6 Å². The molecule has 2 unspecified atom stereocenters. The molecule has 1 aliphatic carbocycles. The highest BCUT2D eigenvalue weighted by Gasteiger charge is 2.39. The number of allylic oxidation sites excluding steroid dienone is 2. The number of fused-ring (bicyclic) bond motifs is 27. The van der Waals surface area contributed by atoms with Gasteiger partial charge in [-0.25, -0.2) is 0 Å². The molecule has 2 atom stereocenters. The summed E-state index contributed by atoms with van der Waals surface area (Å²) >= 11 is 0. The van der Waals surface area contributed by atoms with Gasteiger partial charge in [-0.1, -0.05) is 231 Å². The molecule has 30 rings (SSSR count). The fourth-order valence-corrected chi connectivity index (χ4v) is 24.7. The number of nitrogens with zero attached hydrogens (tertiary/aromatic N) is 9. The minimum Gasteiger partial charge on any atom is -0.333 e. The number of aryl methyl sites for hydroxylation is 3. The molecule has 0 radical (unpaired) electrons. The van der Waals surface area contributed by atoms with Gasteiger partial charge in [0, 0.05) is 143 Å². The Morgan fingerprint density at radius 1 is 0.188 bits per heavy atom. The van der Waals surface area contributed by atoms with Crippen LogP contribution in [0.2, 0.25) is 0 Å². The third kappa shape index (κ3) is 11.0. The molecule has 1 aliphatic heterocycles. The molecule has 28 aromatic rings. The molecule has 9 heteroatoms. The maximum absolute atomic E-state index is 2.60. The summed E-state index contributed by atoms with van der Waals surface area (Å²) < 4.78 is 19.8. The number of rotatable bonds is 11. The molecular formula is C129H85N9. The minimum atomic E-state index is 0.0575. The Labute approximate surface area is 793 Å². The zero-order valence-electron chi connectivity index (χ0n) is 75.9. The second kappa shape index (κ2) is 29.0. The highest BCUT2D eigenvalue weighted by Crippen LogP contribution is 2.53. The fraction of sp³-hybridized carbons (Fsp3) is 0.0388. The summed E-state index contributed by atoms with van der Waals surface area (Å²) in [7, 11) is 0. The molecule has 0 fully saturated rings. The number of benzene rings is 20. The molecule has 0 saturated heterocycles. The van der Waals surface area contributed by atoms with Gasteiger partial charge < -0.3 is 41.4 Å². The first-order valence-corrected chi connectivity index (χ1v) is 48.0. The number of hydrogen-bond donors (Lipinski definition) is 0. The van der Waals surface area contributed by atoms with E-state index in [4.69, 9.17) is 0 Å². The van der Waals surface area contributed by atoms with Crippen molar-refractivity contribution in [1.29, 1.82) is 0 Å². The van der Waals surface area contributed by atoms with Gasteiger partial charge in [0.15, 0.2) is 0 Å². The van der Waals surface area contributed by atoms with E-state index in [2.05, 4.69) is 511 Å². The van der Waals surface area contributed by atoms with E-state index in [1.807, 2.05) is 0 Å². The predicted molar refractivity (Wildman–Crippen MR) is 579 cm³/mol. The molecule has 0 N–H and O–H groups in total. The Morgan fingerprint density at radius 3 is 0.855 bits per heavy atom. The van der Waals surface area contributed by atoms with Crippen LogP contribution in [0.4, 0.5) is 11.4 Å². The lowest BCUT2D eigenvalue weighted by atomic mass is 9.86. The fourth-order valence-electron chi connectivity index (χ4n) is 24.7. The van der Waals surface area contributed by atoms with Gasteiger partial charge in [-0.15, -0.1) is 0 Å². The molecule has 2 aliphatic rings. The quantitative estimate of drug-likeness (QED) is 0.127. The van der Waals surface area contributed by atoms with E-state index in [1.54, 1.807) is 0 Å². The van der Waals surface area contributed by atoms with Gasteiger partial charge in [0.1, 0.15) is 0 Å². The first-order chi connectivity index (χ1) is 68.2. The van der Waals surface area contributed by atoms with Crippen LogP contribution in [0.1, 0.15) is 33.7 Å². The molecule has 0 spiro atoms. The summed E-state index contributed by atoms with van der Waals surface area (Å²) in [5.74, 6) is 0.107. The van der Waals surface area contributed by atoms with Gasteiger partial charge in [-0.2, -0.15) is 0 Å². The molecule has 9 heterocycles. The van der Waals surface area contributed by atoms with Crippen molar-refractivity contribution >= 4 is 191 Å². The normalized spacial score (nSPS) is 14.1. The third-order valence-electron chi connectivity index (χ3n) is 30.6. The topological polar surface area (TPSA) is 42.7 Å². The predicted octanol–water partition coefficient (Wildman–Crippen LogP) is 33.3. The van der Waals surface area contributed by atoms with Crippen molar-refractivity contribution in [3.05, 3.63) is 477 Å². The lowest BCUT2D eigenvalue weighted by Crippen LogP contribution is -2.28. The second-order valence-corrected chi connectivity index (χ2v) is 38.0. The van der Waals surface area contributed by atoms with Gasteiger partial charge >= 0.3 is 0 Å². The number of anilines is 2. The van der Waals surface area contributed by atoms with Crippen LogP contribution < -0.4 is 4.90 Å². The van der Waals surface area contributed by atoms with Crippen LogP contribution in [0.25, 0.3) is 237 Å². The van der Waals surface area contributed by atoms with Crippen LogP contribution in [0, 0.1) is 20.8 Å². The summed E-state index contributed by atoms with van der Waals surface area (Å²) in [6, 6.07) is 162. The van der Waals surface area contributed by atoms with Crippen molar-refractivity contribution in [3.63, 3.8) is 0 Å². The second-order valence-electron chi connectivity index (χ2n) is 38.0. The van der Waals surface area contributed by atoms with Crippen LogP contribution in [-0.4, -0.2) is 42.6 Å². The van der Waals surface area contributed by atoms with Gasteiger partial charge in [0.25, 0.3) is 0 Å². The molecule has 646 valence electrons. The summed E-state index contributed by atoms with van der Waals surface area (Å²) in [6.45, 7) is 6.69. The van der Waals surface area contributed by atoms with E-state index in [0.717, 1.165) is 78.4 Å². The summed E-state index contributed by atoms with van der Waals surface area (Å²) in [6.07, 6.45) is 7.41. The van der Waals surface area contributed by atoms with E-state index in [1.165, 1.54) is 197 Å². The average Bonchev–Trinajstić information content (AvgIpc) is 1.56. The lowest BCUT2D eigenvalue weighted by Gasteiger charge is -2.30. The highest BCUT2D eigenvalue weighted by molar-refractivity contribution is 6.20. The number of para-hydroxylation sites is 10. The first kappa shape index (κ1) is 76.6. The van der Waals surface area contributed by atoms with Gasteiger partial charge in [0.2, 0.25) is 0 Å².